The SMILES string of the molecule is Cc1ccc(F)c(C(=O)N2CCC3(CC2)CC3C(=O)O)c1. The Labute approximate surface area is 122 Å². The molecule has 1 atom stereocenters. The van der Waals surface area contributed by atoms with Gasteiger partial charge in [-0.3, -0.25) is 9.59 Å². The van der Waals surface area contributed by atoms with E-state index >= 15 is 0 Å². The van der Waals surface area contributed by atoms with E-state index in [1.807, 2.05) is 6.92 Å². The molecule has 1 saturated heterocycles. The van der Waals surface area contributed by atoms with E-state index < -0.39 is 11.8 Å². The molecule has 0 bridgehead atoms. The number of aryl methyl sites for hydroxylation is 1. The third kappa shape index (κ3) is 2.41. The highest BCUT2D eigenvalue weighted by molar-refractivity contribution is 5.94. The highest BCUT2D eigenvalue weighted by Gasteiger charge is 2.59. The molecule has 21 heavy (non-hydrogen) atoms. The first-order valence-electron chi connectivity index (χ1n) is 7.21. The fourth-order valence-corrected chi connectivity index (χ4v) is 3.38. The number of carbonyl (C=O) groups excluding carboxylic acids is 1. The number of amides is 1. The van der Waals surface area contributed by atoms with Crippen LogP contribution in [-0.2, 0) is 4.79 Å². The molecule has 1 aromatic rings. The fraction of sp³-hybridized carbons (Fsp3) is 0.500. The number of piperidine rings is 1. The first kappa shape index (κ1) is 14.0. The van der Waals surface area contributed by atoms with Crippen LogP contribution < -0.4 is 0 Å². The molecule has 0 radical (unpaired) electrons. The first-order chi connectivity index (χ1) is 9.93. The van der Waals surface area contributed by atoms with E-state index in [4.69, 9.17) is 5.11 Å². The molecule has 0 aromatic heterocycles. The molecule has 2 aliphatic rings. The minimum absolute atomic E-state index is 0.108. The Balaban J connectivity index is 1.69. The van der Waals surface area contributed by atoms with E-state index in [-0.39, 0.29) is 22.8 Å². The number of benzene rings is 1. The van der Waals surface area contributed by atoms with Crippen LogP contribution in [0.15, 0.2) is 18.2 Å². The van der Waals surface area contributed by atoms with Crippen LogP contribution in [0, 0.1) is 24.1 Å². The van der Waals surface area contributed by atoms with Gasteiger partial charge in [-0.1, -0.05) is 11.6 Å². The Morgan fingerprint density at radius 1 is 1.33 bits per heavy atom. The van der Waals surface area contributed by atoms with Crippen molar-refractivity contribution in [3.63, 3.8) is 0 Å². The van der Waals surface area contributed by atoms with Crippen molar-refractivity contribution in [1.29, 1.82) is 0 Å². The van der Waals surface area contributed by atoms with Gasteiger partial charge in [0.2, 0.25) is 0 Å². The van der Waals surface area contributed by atoms with E-state index in [1.165, 1.54) is 6.07 Å². The van der Waals surface area contributed by atoms with Gasteiger partial charge in [-0.05, 0) is 43.7 Å². The Kier molecular flexibility index (Phi) is 3.23. The molecule has 1 N–H and O–H groups in total. The molecule has 112 valence electrons. The van der Waals surface area contributed by atoms with Gasteiger partial charge in [-0.25, -0.2) is 4.39 Å². The molecule has 3 rings (SSSR count). The van der Waals surface area contributed by atoms with Gasteiger partial charge < -0.3 is 10.0 Å². The summed E-state index contributed by atoms with van der Waals surface area (Å²) in [6.07, 6.45) is 2.11. The molecule has 4 nitrogen and oxygen atoms in total. The highest BCUT2D eigenvalue weighted by Crippen LogP contribution is 2.59. The highest BCUT2D eigenvalue weighted by atomic mass is 19.1. The molecular weight excluding hydrogens is 273 g/mol. The Morgan fingerprint density at radius 3 is 2.57 bits per heavy atom. The van der Waals surface area contributed by atoms with Gasteiger partial charge in [-0.2, -0.15) is 0 Å². The molecule has 1 saturated carbocycles. The number of hydrogen-bond acceptors (Lipinski definition) is 2. The Morgan fingerprint density at radius 2 is 2.00 bits per heavy atom. The lowest BCUT2D eigenvalue weighted by atomic mass is 9.90. The number of likely N-dealkylation sites (tertiary alicyclic amines) is 1. The van der Waals surface area contributed by atoms with Crippen molar-refractivity contribution in [2.75, 3.05) is 13.1 Å². The molecule has 1 unspecified atom stereocenters. The van der Waals surface area contributed by atoms with Gasteiger partial charge in [0.15, 0.2) is 0 Å². The Bertz CT molecular complexity index is 606. The first-order valence-corrected chi connectivity index (χ1v) is 7.21. The lowest BCUT2D eigenvalue weighted by Gasteiger charge is -2.32. The number of rotatable bonds is 2. The summed E-state index contributed by atoms with van der Waals surface area (Å²) < 4.78 is 13.8. The lowest BCUT2D eigenvalue weighted by Crippen LogP contribution is -2.40. The number of carboxylic acid groups (broad SMARTS) is 1. The number of hydrogen-bond donors (Lipinski definition) is 1. The minimum Gasteiger partial charge on any atom is -0.481 e. The molecule has 5 heteroatoms. The molecule has 2 fully saturated rings. The largest absolute Gasteiger partial charge is 0.481 e. The van der Waals surface area contributed by atoms with Gasteiger partial charge in [0, 0.05) is 13.1 Å². The monoisotopic (exact) mass is 291 g/mol. The lowest BCUT2D eigenvalue weighted by molar-refractivity contribution is -0.139. The summed E-state index contributed by atoms with van der Waals surface area (Å²) in [7, 11) is 0. The average molecular weight is 291 g/mol. The second-order valence-electron chi connectivity index (χ2n) is 6.23. The zero-order valence-electron chi connectivity index (χ0n) is 11.9. The van der Waals surface area contributed by atoms with Crippen LogP contribution in [0.1, 0.15) is 35.2 Å². The molecule has 1 amide bonds. The summed E-state index contributed by atoms with van der Waals surface area (Å²) in [5, 5.41) is 9.06. The summed E-state index contributed by atoms with van der Waals surface area (Å²) in [5.41, 5.74) is 0.839. The second kappa shape index (κ2) is 4.83. The maximum atomic E-state index is 13.8. The maximum Gasteiger partial charge on any atom is 0.307 e. The van der Waals surface area contributed by atoms with Crippen LogP contribution >= 0.6 is 0 Å². The van der Waals surface area contributed by atoms with E-state index in [0.29, 0.717) is 32.4 Å². The summed E-state index contributed by atoms with van der Waals surface area (Å²) >= 11 is 0. The number of carboxylic acids is 1. The predicted molar refractivity (Wildman–Crippen MR) is 74.5 cm³/mol. The van der Waals surface area contributed by atoms with Crippen LogP contribution in [-0.4, -0.2) is 35.0 Å². The molecule has 1 aromatic carbocycles. The van der Waals surface area contributed by atoms with E-state index in [2.05, 4.69) is 0 Å². The van der Waals surface area contributed by atoms with E-state index in [0.717, 1.165) is 5.56 Å². The van der Waals surface area contributed by atoms with Gasteiger partial charge >= 0.3 is 5.97 Å². The van der Waals surface area contributed by atoms with Gasteiger partial charge in [-0.15, -0.1) is 0 Å². The van der Waals surface area contributed by atoms with Crippen LogP contribution in [0.3, 0.4) is 0 Å². The normalized spacial score (nSPS) is 23.1. The van der Waals surface area contributed by atoms with E-state index in [9.17, 15) is 14.0 Å². The molecule has 1 aliphatic carbocycles. The van der Waals surface area contributed by atoms with Crippen molar-refractivity contribution in [1.82, 2.24) is 4.90 Å². The zero-order chi connectivity index (χ0) is 15.2. The van der Waals surface area contributed by atoms with Crippen LogP contribution in [0.25, 0.3) is 0 Å². The number of nitrogens with zero attached hydrogens (tertiary/aromatic N) is 1. The molecule has 1 spiro atoms. The van der Waals surface area contributed by atoms with Crippen LogP contribution in [0.2, 0.25) is 0 Å². The fourth-order valence-electron chi connectivity index (χ4n) is 3.38. The molecule has 1 heterocycles. The van der Waals surface area contributed by atoms with Crippen LogP contribution in [0.4, 0.5) is 4.39 Å². The standard InChI is InChI=1S/C16H18FNO3/c1-10-2-3-13(17)11(8-10)14(19)18-6-4-16(5-7-18)9-12(16)15(20)21/h2-3,8,12H,4-7,9H2,1H3,(H,20,21). The summed E-state index contributed by atoms with van der Waals surface area (Å²) in [5.74, 6) is -1.79. The van der Waals surface area contributed by atoms with Crippen molar-refractivity contribution in [3.05, 3.63) is 35.1 Å². The second-order valence-corrected chi connectivity index (χ2v) is 6.23. The number of halogens is 1. The maximum absolute atomic E-state index is 13.8. The smallest absolute Gasteiger partial charge is 0.307 e. The van der Waals surface area contributed by atoms with Gasteiger partial charge in [0.05, 0.1) is 11.5 Å². The third-order valence-corrected chi connectivity index (χ3v) is 4.89. The third-order valence-electron chi connectivity index (χ3n) is 4.89. The van der Waals surface area contributed by atoms with Crippen LogP contribution in [0.5, 0.6) is 0 Å². The van der Waals surface area contributed by atoms with Crippen molar-refractivity contribution in [3.8, 4) is 0 Å². The predicted octanol–water partition coefficient (Wildman–Crippen LogP) is 2.46. The van der Waals surface area contributed by atoms with Crippen molar-refractivity contribution in [2.45, 2.75) is 26.2 Å². The number of aliphatic carboxylic acids is 1. The van der Waals surface area contributed by atoms with Crippen molar-refractivity contribution >= 4 is 11.9 Å². The Hall–Kier alpha value is -1.91. The zero-order valence-corrected chi connectivity index (χ0v) is 11.9. The summed E-state index contributed by atoms with van der Waals surface area (Å²) in [6.45, 7) is 2.84. The summed E-state index contributed by atoms with van der Waals surface area (Å²) in [4.78, 5) is 25.1. The van der Waals surface area contributed by atoms with Crippen molar-refractivity contribution < 1.29 is 19.1 Å². The van der Waals surface area contributed by atoms with Gasteiger partial charge in [0.25, 0.3) is 5.91 Å². The molecule has 1 aliphatic heterocycles. The minimum atomic E-state index is -0.737. The number of carbonyl (C=O) groups is 2. The summed E-state index contributed by atoms with van der Waals surface area (Å²) in [6, 6.07) is 4.52. The molecular formula is C16H18FNO3. The topological polar surface area (TPSA) is 57.6 Å². The quantitative estimate of drug-likeness (QED) is 0.910. The van der Waals surface area contributed by atoms with E-state index in [1.54, 1.807) is 17.0 Å². The average Bonchev–Trinajstić information content (AvgIpc) is 3.16. The van der Waals surface area contributed by atoms with Crippen molar-refractivity contribution in [2.24, 2.45) is 11.3 Å². The van der Waals surface area contributed by atoms with Gasteiger partial charge in [0.1, 0.15) is 5.82 Å².